The molecule has 48 heavy (non-hydrogen) atoms. The van der Waals surface area contributed by atoms with Gasteiger partial charge in [-0.15, -0.1) is 0 Å². The molecule has 0 atom stereocenters. The van der Waals surface area contributed by atoms with Gasteiger partial charge in [0.25, 0.3) is 0 Å². The summed E-state index contributed by atoms with van der Waals surface area (Å²) >= 11 is 0. The lowest BCUT2D eigenvalue weighted by atomic mass is 9.58. The number of anilines is 2. The summed E-state index contributed by atoms with van der Waals surface area (Å²) in [6.45, 7) is 4.76. The molecule has 0 unspecified atom stereocenters. The van der Waals surface area contributed by atoms with E-state index in [1.807, 2.05) is 0 Å². The topological polar surface area (TPSA) is 17.0 Å². The number of benzene rings is 7. The second kappa shape index (κ2) is 10.1. The van der Waals surface area contributed by atoms with E-state index in [1.165, 1.54) is 82.9 Å². The van der Waals surface area contributed by atoms with E-state index in [9.17, 15) is 0 Å². The average Bonchev–Trinajstić information content (AvgIpc) is 3.59. The molecule has 0 saturated carbocycles. The molecule has 0 bridgehead atoms. The van der Waals surface area contributed by atoms with Crippen molar-refractivity contribution in [2.24, 2.45) is 0 Å². The third kappa shape index (κ3) is 3.82. The maximum absolute atomic E-state index is 3.76. The van der Waals surface area contributed by atoms with Gasteiger partial charge in [0.2, 0.25) is 0 Å². The van der Waals surface area contributed by atoms with Crippen LogP contribution in [0.5, 0.6) is 0 Å². The Morgan fingerprint density at radius 2 is 1.25 bits per heavy atom. The van der Waals surface area contributed by atoms with Crippen LogP contribution in [0.15, 0.2) is 152 Å². The molecule has 0 fully saturated rings. The summed E-state index contributed by atoms with van der Waals surface area (Å²) in [5.41, 5.74) is 19.3. The van der Waals surface area contributed by atoms with E-state index in [0.717, 1.165) is 18.7 Å². The largest absolute Gasteiger partial charge is 0.355 e. The van der Waals surface area contributed by atoms with Gasteiger partial charge in [-0.05, 0) is 80.8 Å². The van der Waals surface area contributed by atoms with Gasteiger partial charge < -0.3 is 9.88 Å². The number of nitrogens with one attached hydrogen (secondary N) is 1. The zero-order chi connectivity index (χ0) is 32.0. The number of nitrogens with zero attached hydrogens (tertiary/aromatic N) is 1. The highest BCUT2D eigenvalue weighted by Gasteiger charge is 2.38. The Morgan fingerprint density at radius 3 is 2.08 bits per heavy atom. The fourth-order valence-corrected chi connectivity index (χ4v) is 8.57. The SMILES string of the molecule is CC1(C)c2ccccc2-c2cc3c(cc21)Bc1c(-c2ccccc2Nc2ccccc2)cc(-c2ccccc2)c2c4ccccc4n-3c12. The zero-order valence-corrected chi connectivity index (χ0v) is 27.1. The van der Waals surface area contributed by atoms with Gasteiger partial charge in [0, 0.05) is 44.3 Å². The van der Waals surface area contributed by atoms with E-state index < -0.39 is 0 Å². The van der Waals surface area contributed by atoms with Crippen molar-refractivity contribution < 1.29 is 0 Å². The molecule has 0 radical (unpaired) electrons. The van der Waals surface area contributed by atoms with Crippen LogP contribution in [0.4, 0.5) is 11.4 Å². The number of para-hydroxylation sites is 3. The molecule has 226 valence electrons. The van der Waals surface area contributed by atoms with E-state index in [-0.39, 0.29) is 5.41 Å². The van der Waals surface area contributed by atoms with Crippen LogP contribution in [0.3, 0.4) is 0 Å². The van der Waals surface area contributed by atoms with Gasteiger partial charge in [0.05, 0.1) is 5.52 Å². The summed E-state index contributed by atoms with van der Waals surface area (Å²) in [6, 6.07) is 55.7. The lowest BCUT2D eigenvalue weighted by molar-refractivity contribution is 0.661. The molecular weight excluding hydrogens is 579 g/mol. The summed E-state index contributed by atoms with van der Waals surface area (Å²) in [7, 11) is 0.867. The standard InChI is InChI=1S/C45H33BN2/c1-45(2)36-22-12-9-19-30(36)34-26-41-38(27-37(34)45)46-43-35(31-20-10-13-23-39(31)47-29-17-7-4-8-18-29)25-33(28-15-5-3-6-16-28)42-32-21-11-14-24-40(32)48(41)44(42)43/h3-27,46-47H,1-2H3. The fraction of sp³-hybridized carbons (Fsp3) is 0.0667. The minimum atomic E-state index is -0.0541. The highest BCUT2D eigenvalue weighted by Crippen LogP contribution is 2.50. The van der Waals surface area contributed by atoms with E-state index in [1.54, 1.807) is 0 Å². The molecular formula is C45H33BN2. The predicted molar refractivity (Wildman–Crippen MR) is 205 cm³/mol. The molecule has 2 aliphatic rings. The third-order valence-corrected chi connectivity index (χ3v) is 10.8. The minimum absolute atomic E-state index is 0.0541. The number of rotatable bonds is 4. The number of hydrogen-bond acceptors (Lipinski definition) is 1. The Labute approximate surface area is 281 Å². The smallest absolute Gasteiger partial charge is 0.198 e. The highest BCUT2D eigenvalue weighted by molar-refractivity contribution is 6.73. The van der Waals surface area contributed by atoms with Gasteiger partial charge in [-0.3, -0.25) is 0 Å². The first-order chi connectivity index (χ1) is 23.6. The van der Waals surface area contributed by atoms with Crippen molar-refractivity contribution in [2.45, 2.75) is 19.3 Å². The van der Waals surface area contributed by atoms with Crippen LogP contribution in [0.25, 0.3) is 60.9 Å². The highest BCUT2D eigenvalue weighted by atomic mass is 15.0. The predicted octanol–water partition coefficient (Wildman–Crippen LogP) is 9.87. The summed E-state index contributed by atoms with van der Waals surface area (Å²) in [5.74, 6) is 0. The lowest BCUT2D eigenvalue weighted by Gasteiger charge is -2.27. The Balaban J connectivity index is 1.32. The molecule has 1 N–H and O–H groups in total. The number of aromatic nitrogens is 1. The van der Waals surface area contributed by atoms with Gasteiger partial charge in [-0.1, -0.05) is 135 Å². The molecule has 2 nitrogen and oxygen atoms in total. The summed E-state index contributed by atoms with van der Waals surface area (Å²) < 4.78 is 2.58. The first-order valence-electron chi connectivity index (χ1n) is 16.9. The van der Waals surface area contributed by atoms with Crippen LogP contribution in [0.1, 0.15) is 25.0 Å². The Morgan fingerprint density at radius 1 is 0.562 bits per heavy atom. The van der Waals surface area contributed by atoms with Gasteiger partial charge in [-0.25, -0.2) is 0 Å². The van der Waals surface area contributed by atoms with Gasteiger partial charge >= 0.3 is 0 Å². The maximum atomic E-state index is 3.76. The van der Waals surface area contributed by atoms with Gasteiger partial charge in [-0.2, -0.15) is 0 Å². The van der Waals surface area contributed by atoms with Crippen molar-refractivity contribution in [3.63, 3.8) is 0 Å². The van der Waals surface area contributed by atoms with Crippen LogP contribution in [-0.4, -0.2) is 11.8 Å². The fourth-order valence-electron chi connectivity index (χ4n) is 8.57. The number of hydrogen-bond donors (Lipinski definition) is 1. The molecule has 0 amide bonds. The molecule has 0 spiro atoms. The quantitative estimate of drug-likeness (QED) is 0.196. The second-order valence-electron chi connectivity index (χ2n) is 13.8. The van der Waals surface area contributed by atoms with Crippen molar-refractivity contribution in [3.8, 4) is 39.1 Å². The van der Waals surface area contributed by atoms with Crippen molar-refractivity contribution in [2.75, 3.05) is 5.32 Å². The van der Waals surface area contributed by atoms with Crippen molar-refractivity contribution in [1.82, 2.24) is 4.57 Å². The molecule has 10 rings (SSSR count). The summed E-state index contributed by atoms with van der Waals surface area (Å²) in [5, 5.41) is 6.38. The molecule has 8 aromatic rings. The van der Waals surface area contributed by atoms with Gasteiger partial charge in [0.15, 0.2) is 7.28 Å². The monoisotopic (exact) mass is 612 g/mol. The molecule has 3 heteroatoms. The molecule has 7 aromatic carbocycles. The molecule has 0 saturated heterocycles. The maximum Gasteiger partial charge on any atom is 0.198 e. The van der Waals surface area contributed by atoms with Crippen molar-refractivity contribution in [3.05, 3.63) is 163 Å². The van der Waals surface area contributed by atoms with Gasteiger partial charge in [0.1, 0.15) is 0 Å². The Bertz CT molecular complexity index is 2580. The van der Waals surface area contributed by atoms with E-state index in [0.29, 0.717) is 0 Å². The van der Waals surface area contributed by atoms with Crippen molar-refractivity contribution >= 4 is 51.4 Å². The van der Waals surface area contributed by atoms with Crippen LogP contribution in [0.2, 0.25) is 0 Å². The molecule has 1 aliphatic heterocycles. The summed E-state index contributed by atoms with van der Waals surface area (Å²) in [4.78, 5) is 0. The molecule has 1 aromatic heterocycles. The Hall–Kier alpha value is -5.80. The average molecular weight is 613 g/mol. The van der Waals surface area contributed by atoms with Crippen molar-refractivity contribution in [1.29, 1.82) is 0 Å². The van der Waals surface area contributed by atoms with Crippen LogP contribution >= 0.6 is 0 Å². The summed E-state index contributed by atoms with van der Waals surface area (Å²) in [6.07, 6.45) is 0. The van der Waals surface area contributed by atoms with Crippen LogP contribution in [0, 0.1) is 0 Å². The zero-order valence-electron chi connectivity index (χ0n) is 27.1. The first-order valence-corrected chi connectivity index (χ1v) is 16.9. The van der Waals surface area contributed by atoms with Crippen LogP contribution in [-0.2, 0) is 5.41 Å². The third-order valence-electron chi connectivity index (χ3n) is 10.8. The normalized spacial score (nSPS) is 13.5. The minimum Gasteiger partial charge on any atom is -0.355 e. The number of fused-ring (bicyclic) bond motifs is 8. The van der Waals surface area contributed by atoms with E-state index in [2.05, 4.69) is 175 Å². The van der Waals surface area contributed by atoms with Crippen LogP contribution < -0.4 is 16.2 Å². The molecule has 1 aliphatic carbocycles. The second-order valence-corrected chi connectivity index (χ2v) is 13.8. The first kappa shape index (κ1) is 27.3. The lowest BCUT2D eigenvalue weighted by Crippen LogP contribution is -2.38. The molecule has 2 heterocycles. The van der Waals surface area contributed by atoms with E-state index in [4.69, 9.17) is 0 Å². The van der Waals surface area contributed by atoms with E-state index >= 15 is 0 Å². The Kier molecular flexibility index (Phi) is 5.75.